The fraction of sp³-hybridized carbons (Fsp3) is 0.579. The second-order valence-corrected chi connectivity index (χ2v) is 7.41. The molecule has 33 heavy (non-hydrogen) atoms. The topological polar surface area (TPSA) is 248 Å². The first-order valence-electron chi connectivity index (χ1n) is 10.5. The molecule has 3 unspecified atom stereocenters. The minimum absolute atomic E-state index is 0.0202. The lowest BCUT2D eigenvalue weighted by molar-refractivity contribution is -0.138. The Balaban J connectivity index is 2.92. The lowest BCUT2D eigenvalue weighted by Gasteiger charge is -2.23. The Morgan fingerprint density at radius 3 is 2.30 bits per heavy atom. The molecule has 1 heterocycles. The van der Waals surface area contributed by atoms with E-state index >= 15 is 0 Å². The quantitative estimate of drug-likeness (QED) is 0.114. The first-order valence-corrected chi connectivity index (χ1v) is 10.5. The number of hydrogen-bond acceptors (Lipinski definition) is 8. The van der Waals surface area contributed by atoms with Crippen LogP contribution < -0.4 is 33.2 Å². The van der Waals surface area contributed by atoms with Crippen LogP contribution in [-0.4, -0.2) is 75.9 Å². The molecule has 0 radical (unpaired) electrons. The highest BCUT2D eigenvalue weighted by Crippen LogP contribution is 2.05. The Morgan fingerprint density at radius 2 is 1.73 bits per heavy atom. The van der Waals surface area contributed by atoms with Gasteiger partial charge in [-0.2, -0.15) is 0 Å². The van der Waals surface area contributed by atoms with Crippen LogP contribution in [0.1, 0.15) is 37.8 Å². The number of amides is 4. The normalized spacial score (nSPS) is 13.4. The molecule has 14 nitrogen and oxygen atoms in total. The smallest absolute Gasteiger partial charge is 0.322 e. The van der Waals surface area contributed by atoms with E-state index in [0.717, 1.165) is 0 Å². The number of carbonyl (C=O) groups is 5. The Kier molecular flexibility index (Phi) is 12.1. The van der Waals surface area contributed by atoms with E-state index in [1.54, 1.807) is 0 Å². The summed E-state index contributed by atoms with van der Waals surface area (Å²) >= 11 is 0. The molecule has 1 rings (SSSR count). The molecule has 0 aliphatic heterocycles. The molecule has 0 aromatic carbocycles. The van der Waals surface area contributed by atoms with Gasteiger partial charge in [0.15, 0.2) is 0 Å². The molecule has 4 amide bonds. The number of carboxylic acids is 1. The van der Waals surface area contributed by atoms with E-state index in [9.17, 15) is 24.0 Å². The van der Waals surface area contributed by atoms with Crippen molar-refractivity contribution in [2.75, 3.05) is 13.1 Å². The van der Waals surface area contributed by atoms with Crippen LogP contribution in [0.15, 0.2) is 12.5 Å². The fourth-order valence-electron chi connectivity index (χ4n) is 2.86. The van der Waals surface area contributed by atoms with Crippen LogP contribution in [-0.2, 0) is 30.4 Å². The van der Waals surface area contributed by atoms with Crippen molar-refractivity contribution < 1.29 is 29.1 Å². The van der Waals surface area contributed by atoms with E-state index in [4.69, 9.17) is 22.3 Å². The second-order valence-electron chi connectivity index (χ2n) is 7.41. The third-order valence-corrected chi connectivity index (χ3v) is 4.64. The molecular formula is C19H32N8O6. The average Bonchev–Trinajstić information content (AvgIpc) is 3.27. The number of rotatable bonds is 16. The molecule has 0 spiro atoms. The van der Waals surface area contributed by atoms with E-state index in [0.29, 0.717) is 31.5 Å². The number of carboxylic acid groups (broad SMARTS) is 1. The molecule has 11 N–H and O–H groups in total. The van der Waals surface area contributed by atoms with Gasteiger partial charge in [0, 0.05) is 24.7 Å². The van der Waals surface area contributed by atoms with Crippen molar-refractivity contribution in [1.82, 2.24) is 25.9 Å². The zero-order valence-electron chi connectivity index (χ0n) is 18.2. The highest BCUT2D eigenvalue weighted by molar-refractivity contribution is 5.94. The van der Waals surface area contributed by atoms with Gasteiger partial charge in [-0.1, -0.05) is 6.42 Å². The summed E-state index contributed by atoms with van der Waals surface area (Å²) in [6.45, 7) is -0.205. The van der Waals surface area contributed by atoms with Gasteiger partial charge >= 0.3 is 5.97 Å². The molecule has 0 saturated carbocycles. The summed E-state index contributed by atoms with van der Waals surface area (Å²) in [5.41, 5.74) is 17.0. The van der Waals surface area contributed by atoms with Gasteiger partial charge in [0.05, 0.1) is 12.4 Å². The van der Waals surface area contributed by atoms with E-state index in [1.165, 1.54) is 12.5 Å². The maximum atomic E-state index is 13.0. The van der Waals surface area contributed by atoms with Crippen molar-refractivity contribution in [3.8, 4) is 0 Å². The number of carbonyl (C=O) groups excluding carboxylic acids is 4. The number of aromatic nitrogens is 2. The lowest BCUT2D eigenvalue weighted by atomic mass is 10.1. The zero-order valence-corrected chi connectivity index (χ0v) is 18.2. The minimum atomic E-state index is -1.28. The molecule has 184 valence electrons. The van der Waals surface area contributed by atoms with Crippen LogP contribution in [0.25, 0.3) is 0 Å². The second kappa shape index (κ2) is 14.5. The molecule has 3 atom stereocenters. The number of H-pyrrole nitrogens is 1. The molecule has 0 fully saturated rings. The summed E-state index contributed by atoms with van der Waals surface area (Å²) in [5.74, 6) is -4.08. The van der Waals surface area contributed by atoms with Gasteiger partial charge in [-0.15, -0.1) is 0 Å². The lowest BCUT2D eigenvalue weighted by Crippen LogP contribution is -2.56. The summed E-state index contributed by atoms with van der Waals surface area (Å²) < 4.78 is 0. The standard InChI is InChI=1S/C19H32N8O6/c20-6-2-1-3-12(21)17(31)27-14(7-11-8-23-10-25-11)19(33)26-13(4-5-15(22)28)18(32)24-9-16(29)30/h8,10,12-14H,1-7,9,20-21H2,(H2,22,28)(H,23,25)(H,24,32)(H,26,33)(H,27,31)(H,29,30). The van der Waals surface area contributed by atoms with E-state index in [2.05, 4.69) is 25.9 Å². The zero-order chi connectivity index (χ0) is 24.8. The Morgan fingerprint density at radius 1 is 1.03 bits per heavy atom. The van der Waals surface area contributed by atoms with Crippen LogP contribution in [0.4, 0.5) is 0 Å². The summed E-state index contributed by atoms with van der Waals surface area (Å²) in [6.07, 6.45) is 4.22. The maximum absolute atomic E-state index is 13.0. The van der Waals surface area contributed by atoms with Gasteiger partial charge in [0.1, 0.15) is 18.6 Å². The molecular weight excluding hydrogens is 436 g/mol. The maximum Gasteiger partial charge on any atom is 0.322 e. The van der Waals surface area contributed by atoms with Crippen LogP contribution in [0.5, 0.6) is 0 Å². The van der Waals surface area contributed by atoms with Crippen LogP contribution in [0, 0.1) is 0 Å². The van der Waals surface area contributed by atoms with E-state index in [-0.39, 0.29) is 19.3 Å². The summed E-state index contributed by atoms with van der Waals surface area (Å²) in [7, 11) is 0. The third-order valence-electron chi connectivity index (χ3n) is 4.64. The van der Waals surface area contributed by atoms with Crippen molar-refractivity contribution >= 4 is 29.6 Å². The van der Waals surface area contributed by atoms with Gasteiger partial charge in [0.25, 0.3) is 0 Å². The van der Waals surface area contributed by atoms with Gasteiger partial charge in [-0.05, 0) is 25.8 Å². The van der Waals surface area contributed by atoms with Crippen molar-refractivity contribution in [3.63, 3.8) is 0 Å². The number of unbranched alkanes of at least 4 members (excludes halogenated alkanes) is 1. The van der Waals surface area contributed by atoms with Crippen molar-refractivity contribution in [2.45, 2.75) is 56.7 Å². The van der Waals surface area contributed by atoms with Gasteiger partial charge in [-0.3, -0.25) is 24.0 Å². The molecule has 0 saturated heterocycles. The van der Waals surface area contributed by atoms with Gasteiger partial charge < -0.3 is 43.2 Å². The largest absolute Gasteiger partial charge is 0.480 e. The number of aliphatic carboxylic acids is 1. The number of hydrogen-bond donors (Lipinski definition) is 8. The highest BCUT2D eigenvalue weighted by Gasteiger charge is 2.29. The minimum Gasteiger partial charge on any atom is -0.480 e. The Bertz CT molecular complexity index is 800. The highest BCUT2D eigenvalue weighted by atomic mass is 16.4. The Hall–Kier alpha value is -3.52. The number of nitrogens with zero attached hydrogens (tertiary/aromatic N) is 1. The summed E-state index contributed by atoms with van der Waals surface area (Å²) in [5, 5.41) is 15.9. The number of nitrogens with two attached hydrogens (primary N) is 3. The third kappa shape index (κ3) is 11.1. The number of nitrogens with one attached hydrogen (secondary N) is 4. The van der Waals surface area contributed by atoms with E-state index in [1.807, 2.05) is 0 Å². The van der Waals surface area contributed by atoms with Gasteiger partial charge in [0.2, 0.25) is 23.6 Å². The van der Waals surface area contributed by atoms with Crippen LogP contribution >= 0.6 is 0 Å². The number of aromatic amines is 1. The van der Waals surface area contributed by atoms with Crippen LogP contribution in [0.2, 0.25) is 0 Å². The van der Waals surface area contributed by atoms with Gasteiger partial charge in [-0.25, -0.2) is 4.98 Å². The van der Waals surface area contributed by atoms with Crippen molar-refractivity contribution in [1.29, 1.82) is 0 Å². The predicted octanol–water partition coefficient (Wildman–Crippen LogP) is -3.16. The number of primary amides is 1. The average molecular weight is 469 g/mol. The van der Waals surface area contributed by atoms with E-state index < -0.39 is 54.3 Å². The monoisotopic (exact) mass is 468 g/mol. The molecule has 0 aliphatic rings. The van der Waals surface area contributed by atoms with Crippen LogP contribution in [0.3, 0.4) is 0 Å². The predicted molar refractivity (Wildman–Crippen MR) is 116 cm³/mol. The molecule has 1 aromatic heterocycles. The molecule has 1 aromatic rings. The molecule has 0 bridgehead atoms. The summed E-state index contributed by atoms with van der Waals surface area (Å²) in [6, 6.07) is -3.23. The number of imidazole rings is 1. The SMILES string of the molecule is NCCCCC(N)C(=O)NC(Cc1cnc[nH]1)C(=O)NC(CCC(N)=O)C(=O)NCC(=O)O. The Labute approximate surface area is 190 Å². The fourth-order valence-corrected chi connectivity index (χ4v) is 2.86. The molecule has 0 aliphatic carbocycles. The first-order chi connectivity index (χ1) is 15.6. The summed E-state index contributed by atoms with van der Waals surface area (Å²) in [4.78, 5) is 66.4. The van der Waals surface area contributed by atoms with Crippen molar-refractivity contribution in [3.05, 3.63) is 18.2 Å². The van der Waals surface area contributed by atoms with Crippen molar-refractivity contribution in [2.24, 2.45) is 17.2 Å². The first kappa shape index (κ1) is 27.5. The molecule has 14 heteroatoms.